The van der Waals surface area contributed by atoms with Crippen molar-refractivity contribution in [2.45, 2.75) is 19.2 Å². The number of rotatable bonds is 7. The summed E-state index contributed by atoms with van der Waals surface area (Å²) in [4.78, 5) is 28.1. The van der Waals surface area contributed by atoms with Crippen LogP contribution < -0.4 is 4.74 Å². The van der Waals surface area contributed by atoms with Gasteiger partial charge < -0.3 is 19.2 Å². The van der Waals surface area contributed by atoms with Crippen molar-refractivity contribution in [2.75, 3.05) is 0 Å². The number of hydrogen-bond donors (Lipinski definition) is 1. The van der Waals surface area contributed by atoms with E-state index >= 15 is 0 Å². The third-order valence-electron chi connectivity index (χ3n) is 6.91. The number of likely N-dealkylation sites (tertiary alicyclic amines) is 1. The van der Waals surface area contributed by atoms with E-state index in [0.717, 1.165) is 16.3 Å². The number of fused-ring (bicyclic) bond motifs is 1. The predicted molar refractivity (Wildman–Crippen MR) is 148 cm³/mol. The zero-order valence-corrected chi connectivity index (χ0v) is 21.0. The van der Waals surface area contributed by atoms with E-state index < -0.39 is 17.7 Å². The summed E-state index contributed by atoms with van der Waals surface area (Å²) in [5, 5.41) is 13.4. The molecule has 1 aromatic heterocycles. The average molecular weight is 516 g/mol. The van der Waals surface area contributed by atoms with Crippen molar-refractivity contribution in [2.24, 2.45) is 0 Å². The molecule has 0 spiro atoms. The lowest BCUT2D eigenvalue weighted by Gasteiger charge is -2.24. The second-order valence-corrected chi connectivity index (χ2v) is 9.41. The Bertz CT molecular complexity index is 1670. The predicted octanol–water partition coefficient (Wildman–Crippen LogP) is 6.63. The summed E-state index contributed by atoms with van der Waals surface area (Å²) in [6, 6.07) is 33.0. The van der Waals surface area contributed by atoms with Crippen LogP contribution in [0, 0.1) is 0 Å². The number of carbonyl (C=O) groups excluding carboxylic acids is 2. The van der Waals surface area contributed by atoms with E-state index in [9.17, 15) is 14.7 Å². The topological polar surface area (TPSA) is 80.0 Å². The molecule has 192 valence electrons. The molecule has 1 amide bonds. The van der Waals surface area contributed by atoms with E-state index in [-0.39, 0.29) is 17.9 Å². The van der Waals surface area contributed by atoms with Crippen LogP contribution in [0.15, 0.2) is 125 Å². The third kappa shape index (κ3) is 4.80. The minimum Gasteiger partial charge on any atom is -0.507 e. The Morgan fingerprint density at radius 2 is 1.56 bits per heavy atom. The second kappa shape index (κ2) is 10.3. The van der Waals surface area contributed by atoms with Crippen LogP contribution in [0.1, 0.15) is 28.5 Å². The Labute approximate surface area is 225 Å². The van der Waals surface area contributed by atoms with E-state index in [4.69, 9.17) is 9.15 Å². The molecule has 1 unspecified atom stereocenters. The Hall–Kier alpha value is -5.10. The summed E-state index contributed by atoms with van der Waals surface area (Å²) in [5.74, 6) is -0.448. The van der Waals surface area contributed by atoms with Crippen LogP contribution in [0.25, 0.3) is 16.5 Å². The first-order chi connectivity index (χ1) is 19.1. The molecule has 1 fully saturated rings. The lowest BCUT2D eigenvalue weighted by Crippen LogP contribution is -2.29. The molecule has 0 aliphatic carbocycles. The summed E-state index contributed by atoms with van der Waals surface area (Å²) in [5.41, 5.74) is 2.23. The summed E-state index contributed by atoms with van der Waals surface area (Å²) in [6.07, 6.45) is 1.52. The lowest BCUT2D eigenvalue weighted by atomic mass is 9.94. The highest BCUT2D eigenvalue weighted by atomic mass is 16.5. The molecule has 1 aliphatic heterocycles. The third-order valence-corrected chi connectivity index (χ3v) is 6.91. The highest BCUT2D eigenvalue weighted by molar-refractivity contribution is 6.46. The molecule has 1 N–H and O–H groups in total. The highest BCUT2D eigenvalue weighted by Crippen LogP contribution is 2.41. The van der Waals surface area contributed by atoms with Gasteiger partial charge in [0, 0.05) is 5.56 Å². The number of Topliss-reactive ketones (excluding diaryl/α,β-unsaturated/α-hetero) is 1. The zero-order chi connectivity index (χ0) is 26.8. The van der Waals surface area contributed by atoms with E-state index in [1.165, 1.54) is 11.2 Å². The fourth-order valence-corrected chi connectivity index (χ4v) is 4.94. The molecule has 6 heteroatoms. The SMILES string of the molecule is O=C1C(=O)N(Cc2ccco2)C(c2ccc(OCc3ccccc3)cc2)/C1=C(/O)c1ccc2ccccc2c1. The number of nitrogens with zero attached hydrogens (tertiary/aromatic N) is 1. The molecule has 1 saturated heterocycles. The van der Waals surface area contributed by atoms with Gasteiger partial charge in [0.25, 0.3) is 11.7 Å². The first-order valence-electron chi connectivity index (χ1n) is 12.6. The van der Waals surface area contributed by atoms with Crippen LogP contribution in [-0.2, 0) is 22.7 Å². The van der Waals surface area contributed by atoms with Crippen LogP contribution in [-0.4, -0.2) is 21.7 Å². The zero-order valence-electron chi connectivity index (χ0n) is 21.0. The van der Waals surface area contributed by atoms with Crippen molar-refractivity contribution in [3.63, 3.8) is 0 Å². The summed E-state index contributed by atoms with van der Waals surface area (Å²) >= 11 is 0. The van der Waals surface area contributed by atoms with Crippen molar-refractivity contribution < 1.29 is 23.8 Å². The number of benzene rings is 4. The van der Waals surface area contributed by atoms with Gasteiger partial charge in [-0.1, -0.05) is 78.9 Å². The Kier molecular flexibility index (Phi) is 6.43. The van der Waals surface area contributed by atoms with Gasteiger partial charge in [-0.15, -0.1) is 0 Å². The van der Waals surface area contributed by atoms with Crippen LogP contribution in [0.4, 0.5) is 0 Å². The van der Waals surface area contributed by atoms with Gasteiger partial charge in [0.05, 0.1) is 24.4 Å². The Morgan fingerprint density at radius 1 is 0.821 bits per heavy atom. The number of ketones is 1. The maximum atomic E-state index is 13.4. The maximum Gasteiger partial charge on any atom is 0.296 e. The number of hydrogen-bond acceptors (Lipinski definition) is 5. The molecule has 39 heavy (non-hydrogen) atoms. The van der Waals surface area contributed by atoms with Gasteiger partial charge in [0.2, 0.25) is 0 Å². The Morgan fingerprint density at radius 3 is 2.31 bits per heavy atom. The fraction of sp³-hybridized carbons (Fsp3) is 0.0909. The molecule has 6 nitrogen and oxygen atoms in total. The van der Waals surface area contributed by atoms with Crippen molar-refractivity contribution in [3.05, 3.63) is 143 Å². The molecule has 0 radical (unpaired) electrons. The first-order valence-corrected chi connectivity index (χ1v) is 12.6. The minimum absolute atomic E-state index is 0.0415. The van der Waals surface area contributed by atoms with Crippen LogP contribution in [0.3, 0.4) is 0 Å². The van der Waals surface area contributed by atoms with Gasteiger partial charge in [-0.3, -0.25) is 9.59 Å². The molecule has 0 bridgehead atoms. The summed E-state index contributed by atoms with van der Waals surface area (Å²) in [6.45, 7) is 0.502. The maximum absolute atomic E-state index is 13.4. The van der Waals surface area contributed by atoms with Gasteiger partial charge in [-0.25, -0.2) is 0 Å². The van der Waals surface area contributed by atoms with E-state index in [2.05, 4.69) is 0 Å². The van der Waals surface area contributed by atoms with E-state index in [1.54, 1.807) is 30.3 Å². The monoisotopic (exact) mass is 515 g/mol. The molecule has 6 rings (SSSR count). The van der Waals surface area contributed by atoms with Gasteiger partial charge in [0.15, 0.2) is 0 Å². The van der Waals surface area contributed by atoms with Crippen LogP contribution >= 0.6 is 0 Å². The fourth-order valence-electron chi connectivity index (χ4n) is 4.94. The molecular weight excluding hydrogens is 490 g/mol. The van der Waals surface area contributed by atoms with Crippen LogP contribution in [0.2, 0.25) is 0 Å². The molecule has 5 aromatic rings. The largest absolute Gasteiger partial charge is 0.507 e. The molecular formula is C33H25NO5. The first kappa shape index (κ1) is 24.2. The van der Waals surface area contributed by atoms with Crippen LogP contribution in [0.5, 0.6) is 5.75 Å². The summed E-state index contributed by atoms with van der Waals surface area (Å²) in [7, 11) is 0. The quantitative estimate of drug-likeness (QED) is 0.149. The number of ether oxygens (including phenoxy) is 1. The van der Waals surface area contributed by atoms with E-state index in [1.807, 2.05) is 78.9 Å². The average Bonchev–Trinajstić information content (AvgIpc) is 3.59. The van der Waals surface area contributed by atoms with Crippen molar-refractivity contribution in [1.29, 1.82) is 0 Å². The molecule has 1 aliphatic rings. The molecule has 1 atom stereocenters. The van der Waals surface area contributed by atoms with Crippen molar-refractivity contribution >= 4 is 28.2 Å². The van der Waals surface area contributed by atoms with Gasteiger partial charge in [0.1, 0.15) is 23.9 Å². The normalized spacial score (nSPS) is 16.6. The molecule has 4 aromatic carbocycles. The lowest BCUT2D eigenvalue weighted by molar-refractivity contribution is -0.140. The smallest absolute Gasteiger partial charge is 0.296 e. The number of amides is 1. The van der Waals surface area contributed by atoms with E-state index in [0.29, 0.717) is 29.2 Å². The number of aliphatic hydroxyl groups is 1. The van der Waals surface area contributed by atoms with Gasteiger partial charge >= 0.3 is 0 Å². The van der Waals surface area contributed by atoms with Gasteiger partial charge in [-0.2, -0.15) is 0 Å². The molecule has 0 saturated carbocycles. The summed E-state index contributed by atoms with van der Waals surface area (Å²) < 4.78 is 11.4. The van der Waals surface area contributed by atoms with Crippen molar-refractivity contribution in [3.8, 4) is 5.75 Å². The van der Waals surface area contributed by atoms with Crippen molar-refractivity contribution in [1.82, 2.24) is 4.90 Å². The number of aliphatic hydroxyl groups excluding tert-OH is 1. The standard InChI is InChI=1S/C33H25NO5/c35-31(26-13-12-23-9-4-5-10-25(23)19-26)29-30(34(33(37)32(29)36)20-28-11-6-18-38-28)24-14-16-27(17-15-24)39-21-22-7-2-1-3-8-22/h1-19,30,35H,20-21H2/b31-29-. The number of carbonyl (C=O) groups is 2. The molecule has 2 heterocycles. The number of furan rings is 1. The second-order valence-electron chi connectivity index (χ2n) is 9.41. The highest BCUT2D eigenvalue weighted by Gasteiger charge is 2.46. The van der Waals surface area contributed by atoms with Gasteiger partial charge in [-0.05, 0) is 52.2 Å². The Balaban J connectivity index is 1.38. The minimum atomic E-state index is -0.801.